The highest BCUT2D eigenvalue weighted by atomic mass is 28.3. The van der Waals surface area contributed by atoms with E-state index in [0.29, 0.717) is 0 Å². The lowest BCUT2D eigenvalue weighted by Crippen LogP contribution is -2.87. The maximum atomic E-state index is 2.66. The van der Waals surface area contributed by atoms with Crippen LogP contribution >= 0.6 is 0 Å². The largest absolute Gasteiger partial charge is 0.342 e. The molecule has 412 valence electrons. The van der Waals surface area contributed by atoms with Crippen LogP contribution in [0.25, 0.3) is 33.4 Å². The lowest BCUT2D eigenvalue weighted by atomic mass is 9.34. The predicted molar refractivity (Wildman–Crippen MR) is 375 cm³/mol. The molecule has 0 saturated heterocycles. The van der Waals surface area contributed by atoms with E-state index in [1.165, 1.54) is 132 Å². The summed E-state index contributed by atoms with van der Waals surface area (Å²) in [7, 11) is -4.96. The Morgan fingerprint density at radius 2 is 0.835 bits per heavy atom. The molecule has 0 atom stereocenters. The first-order valence-electron chi connectivity index (χ1n) is 30.9. The van der Waals surface area contributed by atoms with E-state index in [1.807, 2.05) is 0 Å². The van der Waals surface area contributed by atoms with Gasteiger partial charge in [-0.15, -0.1) is 0 Å². The molecule has 0 saturated carbocycles. The Kier molecular flexibility index (Phi) is 12.4. The topological polar surface area (TPSA) is 6.48 Å². The molecule has 4 aliphatic rings. The second-order valence-electron chi connectivity index (χ2n) is 27.1. The van der Waals surface area contributed by atoms with Crippen LogP contribution in [0.2, 0.25) is 13.1 Å². The summed E-state index contributed by atoms with van der Waals surface area (Å²) in [5.74, 6) is 0. The predicted octanol–water partition coefficient (Wildman–Crippen LogP) is 11.8. The van der Waals surface area contributed by atoms with E-state index in [-0.39, 0.29) is 24.3 Å². The van der Waals surface area contributed by atoms with Gasteiger partial charge in [0.15, 0.2) is 8.07 Å². The van der Waals surface area contributed by atoms with Crippen LogP contribution in [0.15, 0.2) is 249 Å². The third kappa shape index (κ3) is 8.26. The van der Waals surface area contributed by atoms with Gasteiger partial charge in [0, 0.05) is 35.0 Å². The first-order chi connectivity index (χ1) is 41.1. The highest BCUT2D eigenvalue weighted by molar-refractivity contribution is 7.26. The van der Waals surface area contributed by atoms with E-state index in [2.05, 4.69) is 320 Å². The molecule has 0 unspecified atom stereocenters. The number of hydrogen-bond acceptors (Lipinski definition) is 2. The van der Waals surface area contributed by atoms with E-state index in [1.54, 1.807) is 5.19 Å². The quantitative estimate of drug-likeness (QED) is 0.140. The van der Waals surface area contributed by atoms with Crippen molar-refractivity contribution in [2.45, 2.75) is 78.8 Å². The summed E-state index contributed by atoms with van der Waals surface area (Å²) in [5, 5.41) is 8.91. The van der Waals surface area contributed by atoms with Gasteiger partial charge in [0.2, 0.25) is 13.4 Å². The summed E-state index contributed by atoms with van der Waals surface area (Å²) in [6.45, 7) is 22.4. The molecule has 4 heterocycles. The molecular weight excluding hydrogens is 1050 g/mol. The molecule has 0 fully saturated rings. The smallest absolute Gasteiger partial charge is 0.246 e. The molecule has 6 heteroatoms. The monoisotopic (exact) mass is 1130 g/mol. The SMILES string of the molecule is CCCN1c2ccc(-c3cc(-c4ccc(C(C)(C)C)cc4)cc(N4c5cc(-c6ccc(C(C)(C)C)cc6)ccc5B5c6ccccc6[Si](C)(C)c6cccc4c65)c3)cc2B2c3ccccc3[Si](c3ccccc3)(c3ccccc3)c3cccc1c32. The lowest BCUT2D eigenvalue weighted by Gasteiger charge is -2.47. The fraction of sp³-hybridized carbons (Fsp3) is 0.165. The van der Waals surface area contributed by atoms with Crippen LogP contribution in [0.4, 0.5) is 28.4 Å². The molecule has 0 spiro atoms. The normalized spacial score (nSPS) is 14.8. The molecule has 11 aromatic rings. The minimum Gasteiger partial charge on any atom is -0.342 e. The van der Waals surface area contributed by atoms with Gasteiger partial charge in [0.05, 0.1) is 0 Å². The Bertz CT molecular complexity index is 4400. The molecule has 4 aliphatic heterocycles. The molecular formula is C79H72B2N2Si2. The summed E-state index contributed by atoms with van der Waals surface area (Å²) < 4.78 is 0. The average Bonchev–Trinajstić information content (AvgIpc) is 0.746. The van der Waals surface area contributed by atoms with E-state index >= 15 is 0 Å². The Balaban J connectivity index is 0.976. The van der Waals surface area contributed by atoms with Crippen LogP contribution in [0, 0.1) is 0 Å². The van der Waals surface area contributed by atoms with Crippen molar-refractivity contribution in [3.05, 3.63) is 260 Å². The van der Waals surface area contributed by atoms with Gasteiger partial charge in [-0.3, -0.25) is 0 Å². The van der Waals surface area contributed by atoms with Gasteiger partial charge < -0.3 is 9.80 Å². The standard InChI is InChI=1S/C79H72B2N2Si2/c1-10-47-82-68-46-40-55(51-67(68)81-66-28-18-20-32-73(66)85(62-23-13-11-14-24-62,63-25-15-12-16-26-63)75-34-21-29-69(82)76(75)81)58-48-57(54-37-43-60(44-38-54)79(5,6)7)49-61(50-58)83-70-30-22-33-74-77(70)80(65-27-17-19-31-72(65)84(74,8)9)64-45-39-56(52-71(64)83)53-35-41-59(42-36-53)78(2,3)4/h11-46,48-52H,10,47H2,1-9H3. The Labute approximate surface area is 507 Å². The van der Waals surface area contributed by atoms with Crippen LogP contribution in [-0.4, -0.2) is 36.1 Å². The molecule has 11 aromatic carbocycles. The summed E-state index contributed by atoms with van der Waals surface area (Å²) in [4.78, 5) is 5.32. The molecule has 85 heavy (non-hydrogen) atoms. The van der Waals surface area contributed by atoms with Crippen molar-refractivity contribution >= 4 is 122 Å². The average molecular weight is 1130 g/mol. The second-order valence-corrected chi connectivity index (χ2v) is 35.1. The van der Waals surface area contributed by atoms with Gasteiger partial charge in [-0.1, -0.05) is 289 Å². The third-order valence-electron chi connectivity index (χ3n) is 19.7. The molecule has 0 aromatic heterocycles. The molecule has 0 radical (unpaired) electrons. The van der Waals surface area contributed by atoms with Crippen molar-refractivity contribution < 1.29 is 0 Å². The molecule has 0 aliphatic carbocycles. The summed E-state index contributed by atoms with van der Waals surface area (Å²) in [6, 6.07) is 97.6. The zero-order valence-electron chi connectivity index (χ0n) is 50.6. The number of anilines is 5. The number of benzene rings is 11. The van der Waals surface area contributed by atoms with E-state index in [0.717, 1.165) is 13.0 Å². The number of rotatable bonds is 8. The van der Waals surface area contributed by atoms with Crippen LogP contribution in [0.1, 0.15) is 66.0 Å². The van der Waals surface area contributed by atoms with Crippen molar-refractivity contribution in [1.82, 2.24) is 0 Å². The summed E-state index contributed by atoms with van der Waals surface area (Å²) in [5.41, 5.74) is 25.0. The number of fused-ring (bicyclic) bond motifs is 8. The second kappa shape index (κ2) is 19.8. The van der Waals surface area contributed by atoms with Crippen molar-refractivity contribution in [1.29, 1.82) is 0 Å². The number of nitrogens with zero attached hydrogens (tertiary/aromatic N) is 2. The lowest BCUT2D eigenvalue weighted by molar-refractivity contribution is 0.590. The zero-order valence-corrected chi connectivity index (χ0v) is 52.6. The fourth-order valence-corrected chi connectivity index (χ4v) is 24.1. The Morgan fingerprint density at radius 3 is 1.46 bits per heavy atom. The van der Waals surface area contributed by atoms with Gasteiger partial charge in [-0.25, -0.2) is 0 Å². The van der Waals surface area contributed by atoms with Gasteiger partial charge in [0.1, 0.15) is 8.07 Å². The number of hydrogen-bond donors (Lipinski definition) is 0. The minimum atomic E-state index is -2.83. The molecule has 0 bridgehead atoms. The molecule has 2 nitrogen and oxygen atoms in total. The highest BCUT2D eigenvalue weighted by Crippen LogP contribution is 2.43. The maximum Gasteiger partial charge on any atom is 0.246 e. The van der Waals surface area contributed by atoms with Gasteiger partial charge >= 0.3 is 0 Å². The van der Waals surface area contributed by atoms with E-state index < -0.39 is 16.1 Å². The Hall–Kier alpha value is -8.42. The first kappa shape index (κ1) is 53.3. The maximum absolute atomic E-state index is 2.83. The van der Waals surface area contributed by atoms with Gasteiger partial charge in [0.25, 0.3) is 0 Å². The van der Waals surface area contributed by atoms with Gasteiger partial charge in [-0.2, -0.15) is 0 Å². The minimum absolute atomic E-state index is 0.0296. The van der Waals surface area contributed by atoms with Crippen LogP contribution in [0.5, 0.6) is 0 Å². The van der Waals surface area contributed by atoms with E-state index in [4.69, 9.17) is 0 Å². The summed E-state index contributed by atoms with van der Waals surface area (Å²) >= 11 is 0. The fourth-order valence-electron chi connectivity index (χ4n) is 15.6. The highest BCUT2D eigenvalue weighted by Gasteiger charge is 2.53. The van der Waals surface area contributed by atoms with Crippen LogP contribution < -0.4 is 73.7 Å². The molecule has 0 amide bonds. The first-order valence-corrected chi connectivity index (χ1v) is 35.9. The molecule has 0 N–H and O–H groups in total. The summed E-state index contributed by atoms with van der Waals surface area (Å²) in [6.07, 6.45) is 1.03. The van der Waals surface area contributed by atoms with Crippen molar-refractivity contribution in [2.75, 3.05) is 16.3 Å². The van der Waals surface area contributed by atoms with Crippen molar-refractivity contribution in [2.24, 2.45) is 0 Å². The third-order valence-corrected chi connectivity index (χ3v) is 28.2. The Morgan fingerprint density at radius 1 is 0.353 bits per heavy atom. The molecule has 15 rings (SSSR count). The van der Waals surface area contributed by atoms with Crippen LogP contribution in [-0.2, 0) is 10.8 Å². The van der Waals surface area contributed by atoms with Crippen LogP contribution in [0.3, 0.4) is 0 Å². The zero-order chi connectivity index (χ0) is 58.1. The van der Waals surface area contributed by atoms with E-state index in [9.17, 15) is 0 Å². The van der Waals surface area contributed by atoms with Crippen molar-refractivity contribution in [3.63, 3.8) is 0 Å². The van der Waals surface area contributed by atoms with Gasteiger partial charge in [-0.05, 0) is 147 Å². The van der Waals surface area contributed by atoms with Crippen molar-refractivity contribution in [3.8, 4) is 33.4 Å².